The third-order valence-electron chi connectivity index (χ3n) is 3.72. The Labute approximate surface area is 146 Å². The van der Waals surface area contributed by atoms with Gasteiger partial charge in [0.2, 0.25) is 0 Å². The zero-order chi connectivity index (χ0) is 17.5. The van der Waals surface area contributed by atoms with E-state index in [4.69, 9.17) is 9.68 Å². The van der Waals surface area contributed by atoms with Crippen molar-refractivity contribution >= 4 is 11.6 Å². The van der Waals surface area contributed by atoms with Crippen molar-refractivity contribution in [2.45, 2.75) is 19.6 Å². The summed E-state index contributed by atoms with van der Waals surface area (Å²) >= 11 is 0. The second-order valence-electron chi connectivity index (χ2n) is 5.74. The molecule has 130 valence electrons. The minimum atomic E-state index is -0.295. The maximum Gasteiger partial charge on any atom is 0.276 e. The van der Waals surface area contributed by atoms with Gasteiger partial charge in [-0.2, -0.15) is 0 Å². The van der Waals surface area contributed by atoms with E-state index in [0.29, 0.717) is 18.7 Å². The third-order valence-corrected chi connectivity index (χ3v) is 3.72. The van der Waals surface area contributed by atoms with E-state index in [-0.39, 0.29) is 12.0 Å². The lowest BCUT2D eigenvalue weighted by Crippen LogP contribution is -2.26. The van der Waals surface area contributed by atoms with Gasteiger partial charge in [0.15, 0.2) is 0 Å². The summed E-state index contributed by atoms with van der Waals surface area (Å²) in [6, 6.07) is 17.0. The molecule has 6 heteroatoms. The Morgan fingerprint density at radius 1 is 1.16 bits per heavy atom. The fraction of sp³-hybridized carbons (Fsp3) is 0.211. The van der Waals surface area contributed by atoms with E-state index in [1.807, 2.05) is 61.5 Å². The average Bonchev–Trinajstić information content (AvgIpc) is 3.06. The van der Waals surface area contributed by atoms with Gasteiger partial charge in [-0.05, 0) is 30.7 Å². The van der Waals surface area contributed by atoms with Crippen LogP contribution in [0.15, 0.2) is 66.4 Å². The van der Waals surface area contributed by atoms with Crippen LogP contribution in [-0.2, 0) is 16.3 Å². The molecule has 2 aromatic carbocycles. The number of anilines is 1. The highest BCUT2D eigenvalue weighted by Gasteiger charge is 2.15. The van der Waals surface area contributed by atoms with Crippen LogP contribution < -0.4 is 16.3 Å². The van der Waals surface area contributed by atoms with Crippen LogP contribution in [0.3, 0.4) is 0 Å². The number of carbonyl (C=O) groups excluding carboxylic acids is 1. The van der Waals surface area contributed by atoms with Crippen LogP contribution in [-0.4, -0.2) is 18.6 Å². The van der Waals surface area contributed by atoms with Gasteiger partial charge in [-0.1, -0.05) is 42.5 Å². The molecule has 0 saturated heterocycles. The van der Waals surface area contributed by atoms with Gasteiger partial charge < -0.3 is 5.32 Å². The molecule has 0 saturated carbocycles. The Bertz CT molecular complexity index is 747. The van der Waals surface area contributed by atoms with Crippen LogP contribution in [0.5, 0.6) is 0 Å². The summed E-state index contributed by atoms with van der Waals surface area (Å²) < 4.78 is 0. The van der Waals surface area contributed by atoms with E-state index in [1.165, 1.54) is 0 Å². The molecular formula is C19H21N3O3. The molecule has 0 radical (unpaired) electrons. The lowest BCUT2D eigenvalue weighted by molar-refractivity contribution is 0.0234. The van der Waals surface area contributed by atoms with Crippen molar-refractivity contribution in [2.75, 3.05) is 11.9 Å². The fourth-order valence-electron chi connectivity index (χ4n) is 2.48. The maximum absolute atomic E-state index is 12.4. The van der Waals surface area contributed by atoms with E-state index >= 15 is 0 Å². The normalized spacial score (nSPS) is 16.0. The predicted octanol–water partition coefficient (Wildman–Crippen LogP) is 2.77. The Morgan fingerprint density at radius 3 is 2.68 bits per heavy atom. The lowest BCUT2D eigenvalue weighted by atomic mass is 10.1. The summed E-state index contributed by atoms with van der Waals surface area (Å²) in [7, 11) is 0. The molecule has 2 aromatic rings. The standard InChI is InChI=1S/C19H21N3O3/c1-14-11-16(25-21-14)12-20-18-10-6-5-9-17(18)19(23)22-24-13-15-7-3-2-4-8-15/h2-11,16,20-21H,12-13H2,1H3,(H,22,23). The molecule has 1 heterocycles. The monoisotopic (exact) mass is 339 g/mol. The molecular weight excluding hydrogens is 318 g/mol. The SMILES string of the molecule is CC1=CC(CNc2ccccc2C(=O)NOCc2ccccc2)ON1. The van der Waals surface area contributed by atoms with E-state index in [1.54, 1.807) is 6.07 Å². The molecule has 1 aliphatic heterocycles. The summed E-state index contributed by atoms with van der Waals surface area (Å²) in [6.07, 6.45) is 1.91. The predicted molar refractivity (Wildman–Crippen MR) is 95.4 cm³/mol. The number of para-hydroxylation sites is 1. The topological polar surface area (TPSA) is 71.6 Å². The molecule has 1 amide bonds. The van der Waals surface area contributed by atoms with Crippen molar-refractivity contribution in [1.29, 1.82) is 0 Å². The second-order valence-corrected chi connectivity index (χ2v) is 5.74. The molecule has 0 spiro atoms. The smallest absolute Gasteiger partial charge is 0.276 e. The molecule has 3 N–H and O–H groups in total. The van der Waals surface area contributed by atoms with E-state index in [9.17, 15) is 4.79 Å². The average molecular weight is 339 g/mol. The van der Waals surface area contributed by atoms with Gasteiger partial charge in [0, 0.05) is 17.9 Å². The summed E-state index contributed by atoms with van der Waals surface area (Å²) in [5.41, 5.74) is 8.51. The molecule has 0 fully saturated rings. The molecule has 0 aromatic heterocycles. The first-order chi connectivity index (χ1) is 12.2. The first kappa shape index (κ1) is 17.0. The Kier molecular flexibility index (Phi) is 5.66. The zero-order valence-electron chi connectivity index (χ0n) is 14.0. The number of benzene rings is 2. The maximum atomic E-state index is 12.4. The first-order valence-corrected chi connectivity index (χ1v) is 8.11. The first-order valence-electron chi connectivity index (χ1n) is 8.11. The number of amides is 1. The Balaban J connectivity index is 1.55. The summed E-state index contributed by atoms with van der Waals surface area (Å²) in [5, 5.41) is 3.24. The number of hydrogen-bond acceptors (Lipinski definition) is 5. The number of hydrogen-bond donors (Lipinski definition) is 3. The summed E-state index contributed by atoms with van der Waals surface area (Å²) in [5.74, 6) is -0.295. The van der Waals surface area contributed by atoms with Crippen LogP contribution in [0.25, 0.3) is 0 Å². The number of allylic oxidation sites excluding steroid dienone is 1. The third kappa shape index (κ3) is 4.82. The van der Waals surface area contributed by atoms with Gasteiger partial charge in [0.1, 0.15) is 6.10 Å². The largest absolute Gasteiger partial charge is 0.381 e. The molecule has 6 nitrogen and oxygen atoms in total. The van der Waals surface area contributed by atoms with Crippen molar-refractivity contribution < 1.29 is 14.5 Å². The second kappa shape index (κ2) is 8.32. The van der Waals surface area contributed by atoms with Crippen molar-refractivity contribution in [3.05, 3.63) is 77.5 Å². The summed E-state index contributed by atoms with van der Waals surface area (Å²) in [4.78, 5) is 23.1. The molecule has 0 bridgehead atoms. The van der Waals surface area contributed by atoms with Crippen molar-refractivity contribution in [3.8, 4) is 0 Å². The lowest BCUT2D eigenvalue weighted by Gasteiger charge is -2.14. The van der Waals surface area contributed by atoms with Crippen LogP contribution in [0.2, 0.25) is 0 Å². The Morgan fingerprint density at radius 2 is 1.92 bits per heavy atom. The number of nitrogens with one attached hydrogen (secondary N) is 3. The number of hydroxylamine groups is 2. The minimum absolute atomic E-state index is 0.0783. The van der Waals surface area contributed by atoms with Crippen molar-refractivity contribution in [2.24, 2.45) is 0 Å². The fourth-order valence-corrected chi connectivity index (χ4v) is 2.48. The van der Waals surface area contributed by atoms with Crippen molar-refractivity contribution in [3.63, 3.8) is 0 Å². The number of rotatable bonds is 7. The molecule has 3 rings (SSSR count). The quantitative estimate of drug-likeness (QED) is 0.677. The van der Waals surface area contributed by atoms with Crippen molar-refractivity contribution in [1.82, 2.24) is 11.0 Å². The molecule has 0 aliphatic carbocycles. The molecule has 1 aliphatic rings. The molecule has 25 heavy (non-hydrogen) atoms. The van der Waals surface area contributed by atoms with Crippen LogP contribution in [0.4, 0.5) is 5.69 Å². The number of carbonyl (C=O) groups is 1. The highest BCUT2D eigenvalue weighted by molar-refractivity contribution is 5.99. The van der Waals surface area contributed by atoms with Gasteiger partial charge in [-0.3, -0.25) is 19.9 Å². The Hall–Kier alpha value is -2.83. The van der Waals surface area contributed by atoms with E-state index in [0.717, 1.165) is 16.9 Å². The highest BCUT2D eigenvalue weighted by atomic mass is 16.7. The molecule has 1 atom stereocenters. The van der Waals surface area contributed by atoms with Crippen LogP contribution in [0.1, 0.15) is 22.8 Å². The van der Waals surface area contributed by atoms with Gasteiger partial charge in [-0.15, -0.1) is 0 Å². The van der Waals surface area contributed by atoms with Gasteiger partial charge in [-0.25, -0.2) is 5.48 Å². The van der Waals surface area contributed by atoms with Crippen LogP contribution in [0, 0.1) is 0 Å². The summed E-state index contributed by atoms with van der Waals surface area (Å²) in [6.45, 7) is 2.80. The van der Waals surface area contributed by atoms with Gasteiger partial charge in [0.25, 0.3) is 5.91 Å². The van der Waals surface area contributed by atoms with E-state index < -0.39 is 0 Å². The van der Waals surface area contributed by atoms with E-state index in [2.05, 4.69) is 16.3 Å². The zero-order valence-corrected chi connectivity index (χ0v) is 14.0. The molecule has 1 unspecified atom stereocenters. The van der Waals surface area contributed by atoms with Gasteiger partial charge in [0.05, 0.1) is 12.2 Å². The minimum Gasteiger partial charge on any atom is -0.381 e. The van der Waals surface area contributed by atoms with Crippen LogP contribution >= 0.6 is 0 Å². The van der Waals surface area contributed by atoms with Gasteiger partial charge >= 0.3 is 0 Å². The highest BCUT2D eigenvalue weighted by Crippen LogP contribution is 2.16.